The number of nitrogens with zero attached hydrogens (tertiary/aromatic N) is 2. The largest absolute Gasteiger partial charge is 0.381 e. The van der Waals surface area contributed by atoms with Crippen LogP contribution in [0, 0.1) is 11.3 Å². The fourth-order valence-electron chi connectivity index (χ4n) is 5.46. The number of ether oxygens (including phenoxy) is 1. The van der Waals surface area contributed by atoms with Crippen LogP contribution in [0.2, 0.25) is 0 Å². The third-order valence-corrected chi connectivity index (χ3v) is 7.14. The molecule has 4 nitrogen and oxygen atoms in total. The summed E-state index contributed by atoms with van der Waals surface area (Å²) in [5, 5.41) is 0. The molecule has 0 bridgehead atoms. The normalized spacial score (nSPS) is 27.0. The maximum Gasteiger partial charge on any atom is 0.225 e. The summed E-state index contributed by atoms with van der Waals surface area (Å²) in [6.45, 7) is 9.15. The van der Waals surface area contributed by atoms with Gasteiger partial charge in [-0.3, -0.25) is 4.79 Å². The van der Waals surface area contributed by atoms with E-state index in [2.05, 4.69) is 47.1 Å². The minimum Gasteiger partial charge on any atom is -0.381 e. The summed E-state index contributed by atoms with van der Waals surface area (Å²) in [6.07, 6.45) is 5.39. The Kier molecular flexibility index (Phi) is 5.84. The van der Waals surface area contributed by atoms with Gasteiger partial charge in [-0.1, -0.05) is 37.3 Å². The molecule has 1 amide bonds. The van der Waals surface area contributed by atoms with Gasteiger partial charge in [0.05, 0.1) is 0 Å². The maximum absolute atomic E-state index is 12.9. The van der Waals surface area contributed by atoms with Gasteiger partial charge in [-0.05, 0) is 55.5 Å². The van der Waals surface area contributed by atoms with Crippen LogP contribution in [-0.4, -0.2) is 61.6 Å². The molecule has 0 unspecified atom stereocenters. The van der Waals surface area contributed by atoms with Crippen molar-refractivity contribution in [2.45, 2.75) is 44.9 Å². The van der Waals surface area contributed by atoms with E-state index in [0.717, 1.165) is 58.5 Å². The first kappa shape index (κ1) is 18.9. The molecule has 4 rings (SSSR count). The lowest BCUT2D eigenvalue weighted by atomic mass is 9.68. The van der Waals surface area contributed by atoms with Crippen LogP contribution >= 0.6 is 0 Å². The highest BCUT2D eigenvalue weighted by Gasteiger charge is 2.43. The van der Waals surface area contributed by atoms with Gasteiger partial charge in [-0.15, -0.1) is 0 Å². The topological polar surface area (TPSA) is 32.8 Å². The summed E-state index contributed by atoms with van der Waals surface area (Å²) in [6, 6.07) is 11.0. The van der Waals surface area contributed by atoms with E-state index in [4.69, 9.17) is 4.74 Å². The smallest absolute Gasteiger partial charge is 0.225 e. The van der Waals surface area contributed by atoms with E-state index in [1.807, 2.05) is 0 Å². The second kappa shape index (κ2) is 8.32. The summed E-state index contributed by atoms with van der Waals surface area (Å²) in [5.74, 6) is 1.21. The molecule has 0 radical (unpaired) electrons. The average molecular weight is 371 g/mol. The van der Waals surface area contributed by atoms with Crippen LogP contribution in [-0.2, 0) is 9.53 Å². The molecule has 3 heterocycles. The molecular formula is C23H34N2O2. The van der Waals surface area contributed by atoms with Crippen LogP contribution in [0.3, 0.4) is 0 Å². The van der Waals surface area contributed by atoms with E-state index in [9.17, 15) is 4.79 Å². The Morgan fingerprint density at radius 2 is 1.85 bits per heavy atom. The lowest BCUT2D eigenvalue weighted by Gasteiger charge is -2.50. The van der Waals surface area contributed by atoms with Crippen LogP contribution in [0.5, 0.6) is 0 Å². The van der Waals surface area contributed by atoms with E-state index in [1.165, 1.54) is 25.1 Å². The maximum atomic E-state index is 12.9. The molecule has 1 spiro atoms. The second-order valence-electron chi connectivity index (χ2n) is 8.85. The van der Waals surface area contributed by atoms with Crippen molar-refractivity contribution in [3.8, 4) is 0 Å². The highest BCUT2D eigenvalue weighted by molar-refractivity contribution is 5.79. The number of piperidine rings is 2. The van der Waals surface area contributed by atoms with Gasteiger partial charge in [0.2, 0.25) is 5.91 Å². The Morgan fingerprint density at radius 1 is 1.15 bits per heavy atom. The van der Waals surface area contributed by atoms with E-state index in [-0.39, 0.29) is 5.92 Å². The van der Waals surface area contributed by atoms with Gasteiger partial charge in [-0.25, -0.2) is 0 Å². The molecular weight excluding hydrogens is 336 g/mol. The average Bonchev–Trinajstić information content (AvgIpc) is 2.75. The Bertz CT molecular complexity index is 619. The predicted molar refractivity (Wildman–Crippen MR) is 108 cm³/mol. The quantitative estimate of drug-likeness (QED) is 0.816. The van der Waals surface area contributed by atoms with Gasteiger partial charge in [0.1, 0.15) is 0 Å². The molecule has 1 atom stereocenters. The molecule has 3 fully saturated rings. The van der Waals surface area contributed by atoms with Gasteiger partial charge in [0.15, 0.2) is 0 Å². The van der Waals surface area contributed by atoms with Crippen molar-refractivity contribution in [3.05, 3.63) is 35.9 Å². The summed E-state index contributed by atoms with van der Waals surface area (Å²) in [5.41, 5.74) is 1.86. The molecule has 0 aromatic heterocycles. The fourth-order valence-corrected chi connectivity index (χ4v) is 5.46. The summed E-state index contributed by atoms with van der Waals surface area (Å²) in [4.78, 5) is 17.7. The number of carbonyl (C=O) groups excluding carboxylic acids is 1. The molecule has 1 aromatic rings. The minimum atomic E-state index is 0.198. The number of carbonyl (C=O) groups is 1. The van der Waals surface area contributed by atoms with Gasteiger partial charge in [-0.2, -0.15) is 0 Å². The van der Waals surface area contributed by atoms with E-state index in [0.29, 0.717) is 17.2 Å². The van der Waals surface area contributed by atoms with E-state index < -0.39 is 0 Å². The van der Waals surface area contributed by atoms with Crippen molar-refractivity contribution in [2.24, 2.45) is 11.3 Å². The van der Waals surface area contributed by atoms with Crippen molar-refractivity contribution in [2.75, 3.05) is 45.9 Å². The van der Waals surface area contributed by atoms with Crippen molar-refractivity contribution in [1.82, 2.24) is 9.80 Å². The van der Waals surface area contributed by atoms with Crippen molar-refractivity contribution in [3.63, 3.8) is 0 Å². The number of likely N-dealkylation sites (N-methyl/N-ethyl adjacent to an activating group) is 1. The molecule has 3 aliphatic heterocycles. The van der Waals surface area contributed by atoms with E-state index >= 15 is 0 Å². The second-order valence-corrected chi connectivity index (χ2v) is 8.85. The van der Waals surface area contributed by atoms with Crippen molar-refractivity contribution >= 4 is 5.91 Å². The Balaban J connectivity index is 1.41. The lowest BCUT2D eigenvalue weighted by Crippen LogP contribution is -2.53. The third-order valence-electron chi connectivity index (χ3n) is 7.14. The Hall–Kier alpha value is -1.39. The fraction of sp³-hybridized carbons (Fsp3) is 0.696. The summed E-state index contributed by atoms with van der Waals surface area (Å²) >= 11 is 0. The van der Waals surface area contributed by atoms with E-state index in [1.54, 1.807) is 0 Å². The molecule has 4 heteroatoms. The molecule has 0 aliphatic carbocycles. The van der Waals surface area contributed by atoms with Crippen LogP contribution < -0.4 is 0 Å². The van der Waals surface area contributed by atoms with Crippen molar-refractivity contribution in [1.29, 1.82) is 0 Å². The standard InChI is InChI=1S/C23H34N2O2/c1-2-24-17-21(19-6-4-3-5-7-19)16-23(18-24)10-12-25(13-11-23)22(26)20-8-14-27-15-9-20/h3-7,20-21H,2,8-18H2,1H3/t21-/m0/s1. The zero-order valence-electron chi connectivity index (χ0n) is 16.7. The van der Waals surface area contributed by atoms with Crippen LogP contribution in [0.1, 0.15) is 50.5 Å². The zero-order valence-corrected chi connectivity index (χ0v) is 16.7. The van der Waals surface area contributed by atoms with Gasteiger partial charge in [0, 0.05) is 45.3 Å². The first-order valence-electron chi connectivity index (χ1n) is 10.8. The lowest BCUT2D eigenvalue weighted by molar-refractivity contribution is -0.141. The SMILES string of the molecule is CCN1C[C@@H](c2ccccc2)CC2(CCN(C(=O)C3CCOCC3)CC2)C1. The van der Waals surface area contributed by atoms with Crippen LogP contribution in [0.4, 0.5) is 0 Å². The summed E-state index contributed by atoms with van der Waals surface area (Å²) in [7, 11) is 0. The Morgan fingerprint density at radius 3 is 2.52 bits per heavy atom. The first-order valence-corrected chi connectivity index (χ1v) is 10.8. The molecule has 3 aliphatic rings. The first-order chi connectivity index (χ1) is 13.2. The van der Waals surface area contributed by atoms with Crippen LogP contribution in [0.25, 0.3) is 0 Å². The highest BCUT2D eigenvalue weighted by atomic mass is 16.5. The predicted octanol–water partition coefficient (Wildman–Crippen LogP) is 3.53. The number of hydrogen-bond donors (Lipinski definition) is 0. The Labute approximate surface area is 163 Å². The molecule has 0 N–H and O–H groups in total. The third kappa shape index (κ3) is 4.22. The van der Waals surface area contributed by atoms with Crippen molar-refractivity contribution < 1.29 is 9.53 Å². The number of hydrogen-bond acceptors (Lipinski definition) is 3. The minimum absolute atomic E-state index is 0.198. The highest BCUT2D eigenvalue weighted by Crippen LogP contribution is 2.45. The zero-order chi connectivity index (χ0) is 18.7. The van der Waals surface area contributed by atoms with Gasteiger partial charge in [0.25, 0.3) is 0 Å². The van der Waals surface area contributed by atoms with Crippen LogP contribution in [0.15, 0.2) is 30.3 Å². The molecule has 148 valence electrons. The molecule has 1 aromatic carbocycles. The summed E-state index contributed by atoms with van der Waals surface area (Å²) < 4.78 is 5.43. The number of benzene rings is 1. The van der Waals surface area contributed by atoms with Gasteiger partial charge < -0.3 is 14.5 Å². The van der Waals surface area contributed by atoms with Gasteiger partial charge >= 0.3 is 0 Å². The molecule has 27 heavy (non-hydrogen) atoms. The molecule has 3 saturated heterocycles. The number of likely N-dealkylation sites (tertiary alicyclic amines) is 2. The molecule has 0 saturated carbocycles. The number of rotatable bonds is 3. The number of amides is 1. The monoisotopic (exact) mass is 370 g/mol.